The van der Waals surface area contributed by atoms with Gasteiger partial charge in [-0.2, -0.15) is 0 Å². The Bertz CT molecular complexity index is 373. The van der Waals surface area contributed by atoms with Crippen LogP contribution in [0.5, 0.6) is 5.75 Å². The molecule has 1 aliphatic rings. The van der Waals surface area contributed by atoms with Gasteiger partial charge >= 0.3 is 0 Å². The summed E-state index contributed by atoms with van der Waals surface area (Å²) in [6.07, 6.45) is 2.86. The number of nitrogens with one attached hydrogen (secondary N) is 1. The zero-order chi connectivity index (χ0) is 13.7. The minimum atomic E-state index is 0.189. The first-order chi connectivity index (χ1) is 9.24. The molecule has 0 aromatic heterocycles. The maximum Gasteiger partial charge on any atom is 0.118 e. The Labute approximate surface area is 116 Å². The zero-order valence-corrected chi connectivity index (χ0v) is 12.2. The summed E-state index contributed by atoms with van der Waals surface area (Å²) >= 11 is 0. The van der Waals surface area contributed by atoms with Crippen molar-refractivity contribution in [2.75, 3.05) is 20.3 Å². The summed E-state index contributed by atoms with van der Waals surface area (Å²) in [5.41, 5.74) is 1.26. The highest BCUT2D eigenvalue weighted by atomic mass is 16.5. The molecule has 0 bridgehead atoms. The monoisotopic (exact) mass is 263 g/mol. The molecule has 0 saturated heterocycles. The van der Waals surface area contributed by atoms with Gasteiger partial charge in [0.25, 0.3) is 0 Å². The molecular weight excluding hydrogens is 238 g/mol. The number of rotatable bonds is 8. The van der Waals surface area contributed by atoms with E-state index in [4.69, 9.17) is 9.47 Å². The molecule has 106 valence electrons. The molecule has 1 aromatic rings. The molecule has 3 nitrogen and oxygen atoms in total. The first-order valence-corrected chi connectivity index (χ1v) is 7.23. The van der Waals surface area contributed by atoms with Crippen LogP contribution in [0.15, 0.2) is 24.3 Å². The molecule has 2 unspecified atom stereocenters. The number of hydrogen-bond acceptors (Lipinski definition) is 3. The second-order valence-corrected chi connectivity index (χ2v) is 5.29. The van der Waals surface area contributed by atoms with Gasteiger partial charge in [0, 0.05) is 6.61 Å². The fourth-order valence-corrected chi connectivity index (χ4v) is 2.25. The number of likely N-dealkylation sites (N-methyl/N-ethyl adjacent to an activating group) is 1. The second-order valence-electron chi connectivity index (χ2n) is 5.29. The number of ether oxygens (including phenoxy) is 2. The van der Waals surface area contributed by atoms with Crippen LogP contribution < -0.4 is 10.1 Å². The first-order valence-electron chi connectivity index (χ1n) is 7.23. The molecule has 0 aliphatic heterocycles. The van der Waals surface area contributed by atoms with Gasteiger partial charge in [-0.1, -0.05) is 19.1 Å². The van der Waals surface area contributed by atoms with Crippen molar-refractivity contribution in [3.63, 3.8) is 0 Å². The third-order valence-electron chi connectivity index (χ3n) is 3.66. The van der Waals surface area contributed by atoms with Crippen molar-refractivity contribution in [3.8, 4) is 5.75 Å². The topological polar surface area (TPSA) is 30.5 Å². The zero-order valence-electron chi connectivity index (χ0n) is 12.2. The van der Waals surface area contributed by atoms with Crippen LogP contribution in [0.25, 0.3) is 0 Å². The third kappa shape index (κ3) is 4.22. The van der Waals surface area contributed by atoms with Gasteiger partial charge in [-0.3, -0.25) is 0 Å². The van der Waals surface area contributed by atoms with Gasteiger partial charge < -0.3 is 14.8 Å². The summed E-state index contributed by atoms with van der Waals surface area (Å²) in [4.78, 5) is 0. The van der Waals surface area contributed by atoms with Crippen molar-refractivity contribution in [3.05, 3.63) is 29.8 Å². The Balaban J connectivity index is 1.98. The van der Waals surface area contributed by atoms with Crippen molar-refractivity contribution < 1.29 is 9.47 Å². The lowest BCUT2D eigenvalue weighted by Crippen LogP contribution is -2.32. The molecule has 3 heteroatoms. The molecule has 19 heavy (non-hydrogen) atoms. The normalized spacial score (nSPS) is 18.1. The highest BCUT2D eigenvalue weighted by molar-refractivity contribution is 5.29. The number of methoxy groups -OCH3 is 1. The molecule has 0 spiro atoms. The van der Waals surface area contributed by atoms with E-state index < -0.39 is 0 Å². The van der Waals surface area contributed by atoms with Gasteiger partial charge in [-0.15, -0.1) is 0 Å². The van der Waals surface area contributed by atoms with Crippen LogP contribution >= 0.6 is 0 Å². The summed E-state index contributed by atoms with van der Waals surface area (Å²) in [6, 6.07) is 8.49. The second kappa shape index (κ2) is 6.92. The van der Waals surface area contributed by atoms with E-state index in [1.54, 1.807) is 7.11 Å². The van der Waals surface area contributed by atoms with E-state index in [0.29, 0.717) is 0 Å². The Kier molecular flexibility index (Phi) is 5.23. The predicted molar refractivity (Wildman–Crippen MR) is 77.5 cm³/mol. The maximum absolute atomic E-state index is 6.00. The summed E-state index contributed by atoms with van der Waals surface area (Å²) in [5, 5.41) is 3.51. The van der Waals surface area contributed by atoms with Crippen LogP contribution in [0.1, 0.15) is 38.3 Å². The highest BCUT2D eigenvalue weighted by Gasteiger charge is 2.25. The Morgan fingerprint density at radius 1 is 1.26 bits per heavy atom. The Morgan fingerprint density at radius 3 is 2.47 bits per heavy atom. The molecule has 2 rings (SSSR count). The van der Waals surface area contributed by atoms with E-state index in [1.807, 2.05) is 12.1 Å². The van der Waals surface area contributed by atoms with Crippen molar-refractivity contribution in [2.45, 2.75) is 38.8 Å². The maximum atomic E-state index is 6.00. The Hall–Kier alpha value is -1.06. The predicted octanol–water partition coefficient (Wildman–Crippen LogP) is 3.16. The SMILES string of the molecule is CCNC(c1ccc(OC)cc1)C(C)OCC1CC1. The van der Waals surface area contributed by atoms with E-state index in [1.165, 1.54) is 18.4 Å². The highest BCUT2D eigenvalue weighted by Crippen LogP contribution is 2.30. The minimum Gasteiger partial charge on any atom is -0.497 e. The van der Waals surface area contributed by atoms with E-state index in [-0.39, 0.29) is 12.1 Å². The largest absolute Gasteiger partial charge is 0.497 e. The fraction of sp³-hybridized carbons (Fsp3) is 0.625. The molecule has 1 fully saturated rings. The summed E-state index contributed by atoms with van der Waals surface area (Å²) in [5.74, 6) is 1.70. The molecule has 1 aromatic carbocycles. The van der Waals surface area contributed by atoms with Gasteiger partial charge in [-0.25, -0.2) is 0 Å². The Morgan fingerprint density at radius 2 is 1.95 bits per heavy atom. The molecule has 2 atom stereocenters. The standard InChI is InChI=1S/C16H25NO2/c1-4-17-16(12(2)19-11-13-5-6-13)14-7-9-15(18-3)10-8-14/h7-10,12-13,16-17H,4-6,11H2,1-3H3. The van der Waals surface area contributed by atoms with Gasteiger partial charge in [0.2, 0.25) is 0 Å². The van der Waals surface area contributed by atoms with Crippen LogP contribution in [0.4, 0.5) is 0 Å². The molecule has 0 heterocycles. The number of hydrogen-bond donors (Lipinski definition) is 1. The average molecular weight is 263 g/mol. The van der Waals surface area contributed by atoms with Gasteiger partial charge in [-0.05, 0) is 49.9 Å². The van der Waals surface area contributed by atoms with Crippen molar-refractivity contribution in [1.29, 1.82) is 0 Å². The van der Waals surface area contributed by atoms with Crippen LogP contribution in [-0.2, 0) is 4.74 Å². The summed E-state index contributed by atoms with van der Waals surface area (Å²) < 4.78 is 11.2. The molecular formula is C16H25NO2. The summed E-state index contributed by atoms with van der Waals surface area (Å²) in [7, 11) is 1.69. The van der Waals surface area contributed by atoms with Crippen molar-refractivity contribution in [2.24, 2.45) is 5.92 Å². The van der Waals surface area contributed by atoms with Crippen LogP contribution in [0.2, 0.25) is 0 Å². The van der Waals surface area contributed by atoms with Crippen molar-refractivity contribution >= 4 is 0 Å². The first kappa shape index (κ1) is 14.4. The molecule has 0 radical (unpaired) electrons. The molecule has 1 saturated carbocycles. The van der Waals surface area contributed by atoms with Crippen molar-refractivity contribution in [1.82, 2.24) is 5.32 Å². The molecule has 0 amide bonds. The third-order valence-corrected chi connectivity index (χ3v) is 3.66. The molecule has 1 N–H and O–H groups in total. The average Bonchev–Trinajstić information content (AvgIpc) is 3.26. The van der Waals surface area contributed by atoms with Gasteiger partial charge in [0.05, 0.1) is 19.3 Å². The fourth-order valence-electron chi connectivity index (χ4n) is 2.25. The van der Waals surface area contributed by atoms with E-state index >= 15 is 0 Å². The van der Waals surface area contributed by atoms with E-state index in [9.17, 15) is 0 Å². The van der Waals surface area contributed by atoms with E-state index in [0.717, 1.165) is 24.8 Å². The van der Waals surface area contributed by atoms with Crippen LogP contribution in [-0.4, -0.2) is 26.4 Å². The minimum absolute atomic E-state index is 0.189. The lowest BCUT2D eigenvalue weighted by atomic mass is 10.0. The van der Waals surface area contributed by atoms with E-state index in [2.05, 4.69) is 31.3 Å². The quantitative estimate of drug-likeness (QED) is 0.781. The lowest BCUT2D eigenvalue weighted by molar-refractivity contribution is 0.0322. The van der Waals surface area contributed by atoms with Crippen LogP contribution in [0, 0.1) is 5.92 Å². The molecule has 1 aliphatic carbocycles. The van der Waals surface area contributed by atoms with Crippen LogP contribution in [0.3, 0.4) is 0 Å². The summed E-state index contributed by atoms with van der Waals surface area (Å²) in [6.45, 7) is 6.12. The van der Waals surface area contributed by atoms with Gasteiger partial charge in [0.15, 0.2) is 0 Å². The van der Waals surface area contributed by atoms with Gasteiger partial charge in [0.1, 0.15) is 5.75 Å². The smallest absolute Gasteiger partial charge is 0.118 e. The number of benzene rings is 1. The lowest BCUT2D eigenvalue weighted by Gasteiger charge is -2.25.